The fourth-order valence-corrected chi connectivity index (χ4v) is 3.16. The van der Waals surface area contributed by atoms with Gasteiger partial charge in [-0.2, -0.15) is 5.10 Å². The minimum atomic E-state index is -1.58. The summed E-state index contributed by atoms with van der Waals surface area (Å²) in [6.45, 7) is 4.62. The van der Waals surface area contributed by atoms with Crippen LogP contribution in [-0.2, 0) is 20.9 Å². The summed E-state index contributed by atoms with van der Waals surface area (Å²) >= 11 is 0. The summed E-state index contributed by atoms with van der Waals surface area (Å²) in [5.74, 6) is -2.72. The number of nitrogens with one attached hydrogen (secondary N) is 1. The molecule has 32 heavy (non-hydrogen) atoms. The highest BCUT2D eigenvalue weighted by atomic mass is 16.2. The maximum atomic E-state index is 12.2. The van der Waals surface area contributed by atoms with Crippen LogP contribution in [0.1, 0.15) is 22.3 Å². The van der Waals surface area contributed by atoms with Crippen molar-refractivity contribution in [2.45, 2.75) is 26.4 Å². The number of rotatable bonds is 8. The Labute approximate surface area is 185 Å². The molecule has 8 heteroatoms. The lowest BCUT2D eigenvalue weighted by Gasteiger charge is -2.09. The second kappa shape index (κ2) is 9.74. The molecule has 0 aliphatic heterocycles. The fraction of sp³-hybridized carbons (Fsp3) is 0.167. The molecular formula is C24H25N5O3. The highest BCUT2D eigenvalue weighted by Gasteiger charge is 2.22. The molecule has 0 fully saturated rings. The van der Waals surface area contributed by atoms with E-state index in [2.05, 4.69) is 5.32 Å². The van der Waals surface area contributed by atoms with E-state index in [4.69, 9.17) is 16.6 Å². The number of nitrogens with zero attached hydrogens (tertiary/aromatic N) is 2. The van der Waals surface area contributed by atoms with Gasteiger partial charge in [0.05, 0.1) is 12.2 Å². The molecular weight excluding hydrogens is 406 g/mol. The monoisotopic (exact) mass is 431 g/mol. The summed E-state index contributed by atoms with van der Waals surface area (Å²) in [6.07, 6.45) is 4.63. The standard InChI is InChI=1S/C24H25N5O3/c1-15-8-9-18(12-16(15)2)21-19(10-11-20(30)27-22(23(25)31)24(26)32)14-29(28-21)13-17-6-4-3-5-7-17/h3-12,14,22H,13H2,1-2H3,(H2,25,31)(H2,26,32)(H,27,30)/b11-10+. The highest BCUT2D eigenvalue weighted by Crippen LogP contribution is 2.26. The van der Waals surface area contributed by atoms with Gasteiger partial charge in [-0.25, -0.2) is 0 Å². The van der Waals surface area contributed by atoms with Crippen molar-refractivity contribution in [3.63, 3.8) is 0 Å². The average molecular weight is 431 g/mol. The van der Waals surface area contributed by atoms with Gasteiger partial charge in [0.2, 0.25) is 17.7 Å². The topological polar surface area (TPSA) is 133 Å². The first kappa shape index (κ1) is 22.5. The van der Waals surface area contributed by atoms with Crippen molar-refractivity contribution in [3.05, 3.63) is 83.1 Å². The summed E-state index contributed by atoms with van der Waals surface area (Å²) in [4.78, 5) is 34.8. The van der Waals surface area contributed by atoms with Crippen LogP contribution in [0, 0.1) is 13.8 Å². The Morgan fingerprint density at radius 3 is 2.34 bits per heavy atom. The van der Waals surface area contributed by atoms with Crippen LogP contribution in [0.5, 0.6) is 0 Å². The molecule has 0 saturated heterocycles. The minimum absolute atomic E-state index is 0.560. The Hall–Kier alpha value is -4.20. The van der Waals surface area contributed by atoms with Crippen molar-refractivity contribution in [2.75, 3.05) is 0 Å². The van der Waals surface area contributed by atoms with Gasteiger partial charge in [-0.3, -0.25) is 19.1 Å². The van der Waals surface area contributed by atoms with Gasteiger partial charge in [-0.15, -0.1) is 0 Å². The molecule has 8 nitrogen and oxygen atoms in total. The largest absolute Gasteiger partial charge is 0.367 e. The van der Waals surface area contributed by atoms with Crippen molar-refractivity contribution in [2.24, 2.45) is 11.5 Å². The summed E-state index contributed by atoms with van der Waals surface area (Å²) < 4.78 is 1.80. The number of hydrogen-bond donors (Lipinski definition) is 3. The predicted octanol–water partition coefficient (Wildman–Crippen LogP) is 1.68. The van der Waals surface area contributed by atoms with Gasteiger partial charge in [0.25, 0.3) is 0 Å². The Balaban J connectivity index is 1.92. The van der Waals surface area contributed by atoms with Crippen molar-refractivity contribution in [1.82, 2.24) is 15.1 Å². The SMILES string of the molecule is Cc1ccc(-c2nn(Cc3ccccc3)cc2/C=C/C(=O)NC(C(N)=O)C(N)=O)cc1C. The van der Waals surface area contributed by atoms with E-state index in [1.807, 2.05) is 68.6 Å². The number of nitrogens with two attached hydrogens (primary N) is 2. The van der Waals surface area contributed by atoms with Gasteiger partial charge in [0.1, 0.15) is 0 Å². The van der Waals surface area contributed by atoms with Crippen LogP contribution in [0.3, 0.4) is 0 Å². The van der Waals surface area contributed by atoms with Crippen LogP contribution >= 0.6 is 0 Å². The average Bonchev–Trinajstić information content (AvgIpc) is 3.15. The van der Waals surface area contributed by atoms with Gasteiger partial charge >= 0.3 is 0 Å². The van der Waals surface area contributed by atoms with Crippen molar-refractivity contribution >= 4 is 23.8 Å². The first-order valence-electron chi connectivity index (χ1n) is 10.0. The molecule has 3 rings (SSSR count). The van der Waals surface area contributed by atoms with E-state index in [0.29, 0.717) is 17.8 Å². The summed E-state index contributed by atoms with van der Waals surface area (Å²) in [5, 5.41) is 6.93. The van der Waals surface area contributed by atoms with Crippen LogP contribution in [0.15, 0.2) is 60.8 Å². The van der Waals surface area contributed by atoms with Gasteiger partial charge in [-0.1, -0.05) is 42.5 Å². The fourth-order valence-electron chi connectivity index (χ4n) is 3.16. The lowest BCUT2D eigenvalue weighted by molar-refractivity contribution is -0.132. The summed E-state index contributed by atoms with van der Waals surface area (Å²) in [6, 6.07) is 14.3. The van der Waals surface area contributed by atoms with Crippen LogP contribution < -0.4 is 16.8 Å². The van der Waals surface area contributed by atoms with Crippen molar-refractivity contribution in [1.29, 1.82) is 0 Å². The zero-order valence-corrected chi connectivity index (χ0v) is 17.9. The molecule has 0 atom stereocenters. The highest BCUT2D eigenvalue weighted by molar-refractivity contribution is 6.07. The molecule has 0 aliphatic carbocycles. The first-order chi connectivity index (χ1) is 15.2. The third-order valence-corrected chi connectivity index (χ3v) is 5.03. The third-order valence-electron chi connectivity index (χ3n) is 5.03. The van der Waals surface area contributed by atoms with Gasteiger partial charge in [0.15, 0.2) is 6.04 Å². The van der Waals surface area contributed by atoms with E-state index in [1.165, 1.54) is 6.08 Å². The number of aryl methyl sites for hydroxylation is 2. The lowest BCUT2D eigenvalue weighted by Crippen LogP contribution is -2.52. The molecule has 164 valence electrons. The van der Waals surface area contributed by atoms with Gasteiger partial charge < -0.3 is 16.8 Å². The van der Waals surface area contributed by atoms with Gasteiger partial charge in [0, 0.05) is 23.4 Å². The van der Waals surface area contributed by atoms with E-state index in [0.717, 1.165) is 22.3 Å². The molecule has 0 spiro atoms. The summed E-state index contributed by atoms with van der Waals surface area (Å²) in [5.41, 5.74) is 15.9. The molecule has 0 saturated carbocycles. The van der Waals surface area contributed by atoms with E-state index in [1.54, 1.807) is 10.8 Å². The van der Waals surface area contributed by atoms with E-state index in [9.17, 15) is 14.4 Å². The minimum Gasteiger partial charge on any atom is -0.367 e. The number of primary amides is 2. The van der Waals surface area contributed by atoms with Crippen LogP contribution in [-0.4, -0.2) is 33.5 Å². The smallest absolute Gasteiger partial charge is 0.249 e. The van der Waals surface area contributed by atoms with E-state index < -0.39 is 23.8 Å². The molecule has 0 aliphatic rings. The maximum Gasteiger partial charge on any atom is 0.249 e. The molecule has 1 heterocycles. The number of hydrogen-bond acceptors (Lipinski definition) is 4. The number of benzene rings is 2. The van der Waals surface area contributed by atoms with Crippen LogP contribution in [0.25, 0.3) is 17.3 Å². The molecule has 0 unspecified atom stereocenters. The molecule has 3 aromatic rings. The summed E-state index contributed by atoms with van der Waals surface area (Å²) in [7, 11) is 0. The zero-order chi connectivity index (χ0) is 23.3. The zero-order valence-electron chi connectivity index (χ0n) is 17.9. The Kier molecular flexibility index (Phi) is 6.84. The maximum absolute atomic E-state index is 12.2. The molecule has 0 bridgehead atoms. The molecule has 5 N–H and O–H groups in total. The second-order valence-corrected chi connectivity index (χ2v) is 7.49. The van der Waals surface area contributed by atoms with E-state index in [-0.39, 0.29) is 0 Å². The Bertz CT molecular complexity index is 1170. The third kappa shape index (κ3) is 5.48. The van der Waals surface area contributed by atoms with Crippen molar-refractivity contribution < 1.29 is 14.4 Å². The van der Waals surface area contributed by atoms with E-state index >= 15 is 0 Å². The molecule has 3 amide bonds. The van der Waals surface area contributed by atoms with Crippen LogP contribution in [0.4, 0.5) is 0 Å². The lowest BCUT2D eigenvalue weighted by atomic mass is 10.0. The van der Waals surface area contributed by atoms with Crippen LogP contribution in [0.2, 0.25) is 0 Å². The molecule has 0 radical (unpaired) electrons. The Morgan fingerprint density at radius 1 is 1.03 bits per heavy atom. The molecule has 1 aromatic heterocycles. The predicted molar refractivity (Wildman–Crippen MR) is 122 cm³/mol. The number of aromatic nitrogens is 2. The first-order valence-corrected chi connectivity index (χ1v) is 10.0. The normalized spacial score (nSPS) is 11.1. The number of amides is 3. The second-order valence-electron chi connectivity index (χ2n) is 7.49. The number of carbonyl (C=O) groups excluding carboxylic acids is 3. The van der Waals surface area contributed by atoms with Gasteiger partial charge in [-0.05, 0) is 42.7 Å². The molecule has 2 aromatic carbocycles. The Morgan fingerprint density at radius 2 is 1.72 bits per heavy atom. The quantitative estimate of drug-likeness (QED) is 0.370. The van der Waals surface area contributed by atoms with Crippen molar-refractivity contribution in [3.8, 4) is 11.3 Å². The number of carbonyl (C=O) groups is 3.